The number of hydrogen-bond donors (Lipinski definition) is 1. The molecule has 3 heteroatoms. The van der Waals surface area contributed by atoms with E-state index in [-0.39, 0.29) is 0 Å². The Labute approximate surface area is 112 Å². The largest absolute Gasteiger partial charge is 0.311 e. The van der Waals surface area contributed by atoms with E-state index in [1.165, 1.54) is 19.5 Å². The Morgan fingerprint density at radius 3 is 2.59 bits per heavy atom. The molecule has 3 atom stereocenters. The highest BCUT2D eigenvalue weighted by Crippen LogP contribution is 2.24. The first kappa shape index (κ1) is 15.3. The highest BCUT2D eigenvalue weighted by Gasteiger charge is 2.32. The summed E-state index contributed by atoms with van der Waals surface area (Å²) in [7, 11) is 0. The third-order valence-corrected chi connectivity index (χ3v) is 5.01. The lowest BCUT2D eigenvalue weighted by Gasteiger charge is -2.44. The molecule has 1 N–H and O–H groups in total. The second-order valence-corrected chi connectivity index (χ2v) is 7.78. The molecule has 1 rings (SSSR count). The van der Waals surface area contributed by atoms with Crippen LogP contribution in [0.2, 0.25) is 0 Å². The van der Waals surface area contributed by atoms with E-state index in [9.17, 15) is 0 Å². The molecule has 1 fully saturated rings. The molecule has 0 saturated carbocycles. The van der Waals surface area contributed by atoms with Gasteiger partial charge in [0.15, 0.2) is 0 Å². The summed E-state index contributed by atoms with van der Waals surface area (Å²) in [6.45, 7) is 15.3. The summed E-state index contributed by atoms with van der Waals surface area (Å²) in [6.07, 6.45) is 3.52. The number of hydrogen-bond acceptors (Lipinski definition) is 3. The third kappa shape index (κ3) is 4.80. The number of nitrogens with one attached hydrogen (secondary N) is 1. The smallest absolute Gasteiger partial charge is 0.0244 e. The molecule has 0 aromatic rings. The van der Waals surface area contributed by atoms with Crippen molar-refractivity contribution in [1.29, 1.82) is 0 Å². The van der Waals surface area contributed by atoms with Gasteiger partial charge in [-0.15, -0.1) is 0 Å². The van der Waals surface area contributed by atoms with Gasteiger partial charge in [0.05, 0.1) is 0 Å². The molecule has 0 radical (unpaired) electrons. The fourth-order valence-electron chi connectivity index (χ4n) is 2.28. The van der Waals surface area contributed by atoms with Crippen molar-refractivity contribution in [3.05, 3.63) is 0 Å². The minimum Gasteiger partial charge on any atom is -0.311 e. The topological polar surface area (TPSA) is 15.3 Å². The predicted molar refractivity (Wildman–Crippen MR) is 79.9 cm³/mol. The Morgan fingerprint density at radius 1 is 1.41 bits per heavy atom. The molecular formula is C14H30N2S. The zero-order chi connectivity index (χ0) is 13.1. The van der Waals surface area contributed by atoms with Gasteiger partial charge in [-0.3, -0.25) is 4.90 Å². The van der Waals surface area contributed by atoms with Crippen LogP contribution in [0.5, 0.6) is 0 Å². The number of nitrogens with zero attached hydrogens (tertiary/aromatic N) is 1. The molecule has 2 nitrogen and oxygen atoms in total. The summed E-state index contributed by atoms with van der Waals surface area (Å²) < 4.78 is 0. The second-order valence-electron chi connectivity index (χ2n) is 6.51. The van der Waals surface area contributed by atoms with Gasteiger partial charge >= 0.3 is 0 Å². The minimum atomic E-state index is 0.365. The SMILES string of the molecule is CSC(C)CCN1CC(C(C)(C)C)NCC1C. The molecule has 0 amide bonds. The lowest BCUT2D eigenvalue weighted by Crippen LogP contribution is -2.59. The van der Waals surface area contributed by atoms with Crippen LogP contribution in [0.4, 0.5) is 0 Å². The third-order valence-electron chi connectivity index (χ3n) is 3.97. The van der Waals surface area contributed by atoms with Gasteiger partial charge in [0.25, 0.3) is 0 Å². The summed E-state index contributed by atoms with van der Waals surface area (Å²) in [5.74, 6) is 0. The van der Waals surface area contributed by atoms with Gasteiger partial charge in [0.1, 0.15) is 0 Å². The Bertz CT molecular complexity index is 225. The van der Waals surface area contributed by atoms with Crippen LogP contribution in [0.3, 0.4) is 0 Å². The van der Waals surface area contributed by atoms with Crippen molar-refractivity contribution >= 4 is 11.8 Å². The van der Waals surface area contributed by atoms with E-state index in [4.69, 9.17) is 0 Å². The molecule has 1 aliphatic heterocycles. The molecular weight excluding hydrogens is 228 g/mol. The quantitative estimate of drug-likeness (QED) is 0.835. The molecule has 17 heavy (non-hydrogen) atoms. The molecule has 3 unspecified atom stereocenters. The van der Waals surface area contributed by atoms with Crippen LogP contribution in [0.15, 0.2) is 0 Å². The van der Waals surface area contributed by atoms with Crippen LogP contribution < -0.4 is 5.32 Å². The van der Waals surface area contributed by atoms with Gasteiger partial charge < -0.3 is 5.32 Å². The second kappa shape index (κ2) is 6.44. The average Bonchev–Trinajstić information content (AvgIpc) is 2.26. The van der Waals surface area contributed by atoms with Crippen molar-refractivity contribution in [2.75, 3.05) is 25.9 Å². The number of piperazine rings is 1. The van der Waals surface area contributed by atoms with E-state index in [0.717, 1.165) is 11.8 Å². The van der Waals surface area contributed by atoms with Crippen LogP contribution in [-0.4, -0.2) is 48.1 Å². The van der Waals surface area contributed by atoms with E-state index in [0.29, 0.717) is 17.5 Å². The minimum absolute atomic E-state index is 0.365. The van der Waals surface area contributed by atoms with Gasteiger partial charge in [0, 0.05) is 30.4 Å². The fourth-order valence-corrected chi connectivity index (χ4v) is 2.62. The maximum Gasteiger partial charge on any atom is 0.0244 e. The standard InChI is InChI=1S/C14H30N2S/c1-11-9-15-13(14(3,4)5)10-16(11)8-7-12(2)17-6/h11-13,15H,7-10H2,1-6H3. The monoisotopic (exact) mass is 258 g/mol. The normalized spacial score (nSPS) is 29.3. The number of thioether (sulfide) groups is 1. The van der Waals surface area contributed by atoms with E-state index in [1.54, 1.807) is 0 Å². The first-order valence-corrected chi connectivity index (χ1v) is 8.13. The van der Waals surface area contributed by atoms with Crippen molar-refractivity contribution in [3.8, 4) is 0 Å². The predicted octanol–water partition coefficient (Wildman–Crippen LogP) is 2.84. The zero-order valence-electron chi connectivity index (χ0n) is 12.4. The van der Waals surface area contributed by atoms with Gasteiger partial charge in [-0.2, -0.15) is 11.8 Å². The highest BCUT2D eigenvalue weighted by atomic mass is 32.2. The van der Waals surface area contributed by atoms with Crippen LogP contribution in [0, 0.1) is 5.41 Å². The van der Waals surface area contributed by atoms with E-state index < -0.39 is 0 Å². The maximum absolute atomic E-state index is 3.69. The Hall–Kier alpha value is 0.270. The Balaban J connectivity index is 2.46. The average molecular weight is 258 g/mol. The van der Waals surface area contributed by atoms with E-state index in [1.807, 2.05) is 11.8 Å². The van der Waals surface area contributed by atoms with Gasteiger partial charge in [-0.05, 0) is 31.6 Å². The van der Waals surface area contributed by atoms with Crippen LogP contribution in [0.1, 0.15) is 41.0 Å². The van der Waals surface area contributed by atoms with Crippen LogP contribution >= 0.6 is 11.8 Å². The Kier molecular flexibility index (Phi) is 5.81. The molecule has 0 aromatic carbocycles. The molecule has 1 saturated heterocycles. The van der Waals surface area contributed by atoms with E-state index in [2.05, 4.69) is 51.1 Å². The summed E-state index contributed by atoms with van der Waals surface area (Å²) in [5, 5.41) is 4.48. The van der Waals surface area contributed by atoms with Crippen LogP contribution in [-0.2, 0) is 0 Å². The van der Waals surface area contributed by atoms with Gasteiger partial charge in [-0.25, -0.2) is 0 Å². The summed E-state index contributed by atoms with van der Waals surface area (Å²) in [4.78, 5) is 2.67. The lowest BCUT2D eigenvalue weighted by atomic mass is 9.85. The van der Waals surface area contributed by atoms with Crippen molar-refractivity contribution in [1.82, 2.24) is 10.2 Å². The molecule has 1 heterocycles. The van der Waals surface area contributed by atoms with Crippen LogP contribution in [0.25, 0.3) is 0 Å². The molecule has 0 aliphatic carbocycles. The van der Waals surface area contributed by atoms with Crippen molar-refractivity contribution < 1.29 is 0 Å². The molecule has 1 aliphatic rings. The zero-order valence-corrected chi connectivity index (χ0v) is 13.2. The molecule has 0 aromatic heterocycles. The van der Waals surface area contributed by atoms with Gasteiger partial charge in [0.2, 0.25) is 0 Å². The summed E-state index contributed by atoms with van der Waals surface area (Å²) >= 11 is 1.98. The maximum atomic E-state index is 3.69. The lowest BCUT2D eigenvalue weighted by molar-refractivity contribution is 0.0929. The fraction of sp³-hybridized carbons (Fsp3) is 1.00. The molecule has 0 spiro atoms. The molecule has 102 valence electrons. The van der Waals surface area contributed by atoms with Gasteiger partial charge in [-0.1, -0.05) is 27.7 Å². The molecule has 0 bridgehead atoms. The van der Waals surface area contributed by atoms with E-state index >= 15 is 0 Å². The highest BCUT2D eigenvalue weighted by molar-refractivity contribution is 7.99. The first-order valence-electron chi connectivity index (χ1n) is 6.84. The van der Waals surface area contributed by atoms with Crippen molar-refractivity contribution in [2.45, 2.75) is 58.4 Å². The number of rotatable bonds is 4. The Morgan fingerprint density at radius 2 is 2.06 bits per heavy atom. The van der Waals surface area contributed by atoms with Crippen molar-refractivity contribution in [2.24, 2.45) is 5.41 Å². The summed E-state index contributed by atoms with van der Waals surface area (Å²) in [6, 6.07) is 1.31. The van der Waals surface area contributed by atoms with Crippen molar-refractivity contribution in [3.63, 3.8) is 0 Å². The summed E-state index contributed by atoms with van der Waals surface area (Å²) in [5.41, 5.74) is 0.365. The first-order chi connectivity index (χ1) is 7.84.